The zero-order valence-electron chi connectivity index (χ0n) is 11.6. The molecule has 0 aliphatic rings. The van der Waals surface area contributed by atoms with Crippen molar-refractivity contribution < 1.29 is 0 Å². The highest BCUT2D eigenvalue weighted by molar-refractivity contribution is 7.16. The monoisotopic (exact) mass is 293 g/mol. The molecule has 2 aromatic rings. The summed E-state index contributed by atoms with van der Waals surface area (Å²) in [5, 5.41) is 3.36. The first-order valence-electron chi connectivity index (χ1n) is 6.68. The molecule has 2 unspecified atom stereocenters. The number of halogens is 1. The molecule has 1 N–H and O–H groups in total. The third-order valence-electron chi connectivity index (χ3n) is 3.62. The number of rotatable bonds is 5. The van der Waals surface area contributed by atoms with Crippen LogP contribution in [0.5, 0.6) is 0 Å². The molecule has 1 nitrogen and oxygen atoms in total. The summed E-state index contributed by atoms with van der Waals surface area (Å²) in [5.74, 6) is 0.623. The Balaban J connectivity index is 2.24. The summed E-state index contributed by atoms with van der Waals surface area (Å²) in [7, 11) is 1.99. The number of hydrogen-bond acceptors (Lipinski definition) is 2. The van der Waals surface area contributed by atoms with Gasteiger partial charge in [-0.2, -0.15) is 0 Å². The summed E-state index contributed by atoms with van der Waals surface area (Å²) in [6.07, 6.45) is 1.18. The van der Waals surface area contributed by atoms with E-state index >= 15 is 0 Å². The van der Waals surface area contributed by atoms with Crippen LogP contribution in [0.3, 0.4) is 0 Å². The molecule has 0 radical (unpaired) electrons. The van der Waals surface area contributed by atoms with Crippen LogP contribution >= 0.6 is 22.9 Å². The second kappa shape index (κ2) is 6.56. The van der Waals surface area contributed by atoms with Crippen molar-refractivity contribution in [2.45, 2.75) is 32.2 Å². The summed E-state index contributed by atoms with van der Waals surface area (Å²) in [4.78, 5) is 1.25. The number of thiophene rings is 1. The third kappa shape index (κ3) is 3.38. The highest BCUT2D eigenvalue weighted by Gasteiger charge is 2.14. The van der Waals surface area contributed by atoms with E-state index in [0.717, 1.165) is 4.34 Å². The Labute approximate surface area is 124 Å². The summed E-state index contributed by atoms with van der Waals surface area (Å²) >= 11 is 7.66. The lowest BCUT2D eigenvalue weighted by atomic mass is 9.96. The maximum absolute atomic E-state index is 6.03. The van der Waals surface area contributed by atoms with E-state index in [9.17, 15) is 0 Å². The fourth-order valence-corrected chi connectivity index (χ4v) is 3.41. The van der Waals surface area contributed by atoms with Crippen molar-refractivity contribution in [1.82, 2.24) is 5.32 Å². The van der Waals surface area contributed by atoms with Gasteiger partial charge >= 0.3 is 0 Å². The zero-order chi connectivity index (χ0) is 13.8. The topological polar surface area (TPSA) is 12.0 Å². The minimum Gasteiger partial charge on any atom is -0.309 e. The van der Waals surface area contributed by atoms with Crippen molar-refractivity contribution in [1.29, 1.82) is 0 Å². The van der Waals surface area contributed by atoms with E-state index in [1.54, 1.807) is 11.3 Å². The molecule has 2 atom stereocenters. The van der Waals surface area contributed by atoms with Gasteiger partial charge in [0, 0.05) is 4.88 Å². The molecule has 19 heavy (non-hydrogen) atoms. The maximum Gasteiger partial charge on any atom is 0.0931 e. The molecule has 0 bridgehead atoms. The van der Waals surface area contributed by atoms with Crippen LogP contribution < -0.4 is 5.32 Å². The van der Waals surface area contributed by atoms with Gasteiger partial charge in [0.05, 0.1) is 10.4 Å². The average Bonchev–Trinajstić information content (AvgIpc) is 2.86. The quantitative estimate of drug-likeness (QED) is 0.796. The first kappa shape index (κ1) is 14.6. The van der Waals surface area contributed by atoms with Crippen LogP contribution in [0.4, 0.5) is 0 Å². The van der Waals surface area contributed by atoms with Gasteiger partial charge in [-0.25, -0.2) is 0 Å². The first-order chi connectivity index (χ1) is 9.15. The standard InChI is InChI=1S/C16H20ClNS/c1-4-11(2)12-5-7-13(8-6-12)16(18-3)14-9-10-15(17)19-14/h5-11,16,18H,4H2,1-3H3. The number of benzene rings is 1. The molecule has 0 aliphatic heterocycles. The van der Waals surface area contributed by atoms with E-state index in [4.69, 9.17) is 11.6 Å². The second-order valence-corrected chi connectivity index (χ2v) is 6.59. The number of nitrogens with one attached hydrogen (secondary N) is 1. The van der Waals surface area contributed by atoms with Crippen LogP contribution in [0.2, 0.25) is 4.34 Å². The number of hydrogen-bond donors (Lipinski definition) is 1. The molecule has 1 aromatic heterocycles. The molecular formula is C16H20ClNS. The summed E-state index contributed by atoms with van der Waals surface area (Å²) in [6.45, 7) is 4.49. The summed E-state index contributed by atoms with van der Waals surface area (Å²) in [5.41, 5.74) is 2.69. The van der Waals surface area contributed by atoms with E-state index in [1.807, 2.05) is 13.1 Å². The fraction of sp³-hybridized carbons (Fsp3) is 0.375. The van der Waals surface area contributed by atoms with E-state index in [1.165, 1.54) is 22.4 Å². The molecule has 3 heteroatoms. The molecule has 0 amide bonds. The Bertz CT molecular complexity index is 518. The first-order valence-corrected chi connectivity index (χ1v) is 7.87. The molecule has 0 aliphatic carbocycles. The van der Waals surface area contributed by atoms with Crippen LogP contribution in [0, 0.1) is 0 Å². The van der Waals surface area contributed by atoms with Crippen LogP contribution in [-0.2, 0) is 0 Å². The van der Waals surface area contributed by atoms with Gasteiger partial charge < -0.3 is 5.32 Å². The molecule has 1 aromatic carbocycles. The Morgan fingerprint density at radius 2 is 1.74 bits per heavy atom. The predicted octanol–water partition coefficient (Wildman–Crippen LogP) is 5.22. The molecule has 0 saturated heterocycles. The van der Waals surface area contributed by atoms with E-state index in [0.29, 0.717) is 5.92 Å². The molecule has 0 saturated carbocycles. The fourth-order valence-electron chi connectivity index (χ4n) is 2.21. The van der Waals surface area contributed by atoms with Crippen molar-refractivity contribution in [3.05, 3.63) is 56.7 Å². The van der Waals surface area contributed by atoms with Crippen molar-refractivity contribution in [3.8, 4) is 0 Å². The van der Waals surface area contributed by atoms with Crippen LogP contribution in [-0.4, -0.2) is 7.05 Å². The second-order valence-electron chi connectivity index (χ2n) is 4.84. The molecule has 0 spiro atoms. The highest BCUT2D eigenvalue weighted by Crippen LogP contribution is 2.31. The molecule has 1 heterocycles. The molecule has 2 rings (SSSR count). The van der Waals surface area contributed by atoms with Gasteiger partial charge in [-0.1, -0.05) is 49.7 Å². The normalized spacial score (nSPS) is 14.3. The van der Waals surface area contributed by atoms with Gasteiger partial charge in [-0.15, -0.1) is 11.3 Å². The van der Waals surface area contributed by atoms with Gasteiger partial charge in [0.25, 0.3) is 0 Å². The lowest BCUT2D eigenvalue weighted by Crippen LogP contribution is -2.16. The Morgan fingerprint density at radius 3 is 2.21 bits per heavy atom. The van der Waals surface area contributed by atoms with Gasteiger partial charge in [0.15, 0.2) is 0 Å². The Hall–Kier alpha value is -0.830. The minimum atomic E-state index is 0.225. The SMILES string of the molecule is CCC(C)c1ccc(C(NC)c2ccc(Cl)s2)cc1. The highest BCUT2D eigenvalue weighted by atomic mass is 35.5. The summed E-state index contributed by atoms with van der Waals surface area (Å²) < 4.78 is 0.839. The minimum absolute atomic E-state index is 0.225. The van der Waals surface area contributed by atoms with Crippen molar-refractivity contribution in [2.75, 3.05) is 7.05 Å². The largest absolute Gasteiger partial charge is 0.309 e. The smallest absolute Gasteiger partial charge is 0.0931 e. The van der Waals surface area contributed by atoms with Crippen LogP contribution in [0.15, 0.2) is 36.4 Å². The summed E-state index contributed by atoms with van der Waals surface area (Å²) in [6, 6.07) is 13.2. The molecule has 102 valence electrons. The third-order valence-corrected chi connectivity index (χ3v) is 4.91. The van der Waals surface area contributed by atoms with Crippen LogP contribution in [0.25, 0.3) is 0 Å². The van der Waals surface area contributed by atoms with E-state index in [2.05, 4.69) is 49.5 Å². The van der Waals surface area contributed by atoms with Crippen molar-refractivity contribution in [2.24, 2.45) is 0 Å². The predicted molar refractivity (Wildman–Crippen MR) is 85.4 cm³/mol. The van der Waals surface area contributed by atoms with E-state index < -0.39 is 0 Å². The van der Waals surface area contributed by atoms with Gasteiger partial charge in [0.1, 0.15) is 0 Å². The maximum atomic E-state index is 6.03. The van der Waals surface area contributed by atoms with Crippen LogP contribution in [0.1, 0.15) is 48.2 Å². The average molecular weight is 294 g/mol. The Morgan fingerprint density at radius 1 is 1.11 bits per heavy atom. The zero-order valence-corrected chi connectivity index (χ0v) is 13.2. The van der Waals surface area contributed by atoms with Gasteiger partial charge in [-0.3, -0.25) is 0 Å². The van der Waals surface area contributed by atoms with E-state index in [-0.39, 0.29) is 6.04 Å². The lowest BCUT2D eigenvalue weighted by Gasteiger charge is -2.16. The van der Waals surface area contributed by atoms with Crippen molar-refractivity contribution in [3.63, 3.8) is 0 Å². The van der Waals surface area contributed by atoms with Gasteiger partial charge in [0.2, 0.25) is 0 Å². The molecular weight excluding hydrogens is 274 g/mol. The lowest BCUT2D eigenvalue weighted by molar-refractivity contribution is 0.699. The Kier molecular flexibility index (Phi) is 5.03. The van der Waals surface area contributed by atoms with Crippen molar-refractivity contribution >= 4 is 22.9 Å². The molecule has 0 fully saturated rings. The van der Waals surface area contributed by atoms with Gasteiger partial charge in [-0.05, 0) is 42.6 Å².